The van der Waals surface area contributed by atoms with Gasteiger partial charge in [0, 0.05) is 14.1 Å². The lowest BCUT2D eigenvalue weighted by Gasteiger charge is -2.23. The summed E-state index contributed by atoms with van der Waals surface area (Å²) in [6.07, 6.45) is 0. The number of hydrogen-bond donors (Lipinski definition) is 0. The molecule has 2 aromatic heterocycles. The molecule has 0 amide bonds. The van der Waals surface area contributed by atoms with Crippen molar-refractivity contribution in [3.63, 3.8) is 0 Å². The van der Waals surface area contributed by atoms with Crippen LogP contribution in [0.5, 0.6) is 0 Å². The molecule has 0 aliphatic carbocycles. The minimum Gasteiger partial charge on any atom is -0.370 e. The first kappa shape index (κ1) is 21.1. The van der Waals surface area contributed by atoms with Gasteiger partial charge >= 0.3 is 7.55 Å². The van der Waals surface area contributed by atoms with E-state index in [1.807, 2.05) is 0 Å². The van der Waals surface area contributed by atoms with Gasteiger partial charge in [-0.3, -0.25) is 4.70 Å². The molecular formula is C12H19BF3N10. The minimum atomic E-state index is -0.109. The molecule has 0 bridgehead atoms. The lowest BCUT2D eigenvalue weighted by Crippen LogP contribution is -2.39. The van der Waals surface area contributed by atoms with Gasteiger partial charge in [-0.2, -0.15) is 40.1 Å². The van der Waals surface area contributed by atoms with Crippen molar-refractivity contribution in [3.8, 4) is 0 Å². The predicted octanol–water partition coefficient (Wildman–Crippen LogP) is 0.574. The van der Waals surface area contributed by atoms with Gasteiger partial charge in [0.15, 0.2) is 0 Å². The Labute approximate surface area is 149 Å². The molecule has 26 heavy (non-hydrogen) atoms. The summed E-state index contributed by atoms with van der Waals surface area (Å²) >= 11 is 0. The third kappa shape index (κ3) is 5.03. The quantitative estimate of drug-likeness (QED) is 0.530. The van der Waals surface area contributed by atoms with Crippen molar-refractivity contribution in [3.05, 3.63) is 11.6 Å². The summed E-state index contributed by atoms with van der Waals surface area (Å²) in [4.78, 5) is 27.2. The zero-order valence-corrected chi connectivity index (χ0v) is 15.2. The highest BCUT2D eigenvalue weighted by molar-refractivity contribution is 6.45. The topological polar surface area (TPSA) is 90.3 Å². The molecule has 14 heteroatoms. The Hall–Kier alpha value is -2.93. The molecule has 2 rings (SSSR count). The molecule has 1 radical (unpaired) electrons. The number of nitrogens with zero attached hydrogens (tertiary/aromatic N) is 10. The number of hydrogen-bond acceptors (Lipinski definition) is 10. The van der Waals surface area contributed by atoms with Crippen molar-refractivity contribution in [1.29, 1.82) is 0 Å². The van der Waals surface area contributed by atoms with E-state index in [0.717, 1.165) is 0 Å². The molecule has 10 nitrogen and oxygen atoms in total. The summed E-state index contributed by atoms with van der Waals surface area (Å²) < 4.78 is 26.6. The zero-order chi connectivity index (χ0) is 18.7. The maximum absolute atomic E-state index is 13.3. The van der Waals surface area contributed by atoms with Gasteiger partial charge in [-0.05, 0) is 27.9 Å². The number of aromatic nitrogens is 6. The highest BCUT2D eigenvalue weighted by Crippen LogP contribution is 2.15. The van der Waals surface area contributed by atoms with E-state index in [1.165, 1.54) is 14.1 Å². The molecule has 0 saturated heterocycles. The molecule has 2 heterocycles. The van der Waals surface area contributed by atoms with Crippen molar-refractivity contribution in [2.24, 2.45) is 0 Å². The summed E-state index contributed by atoms with van der Waals surface area (Å²) in [5.74, 6) is 0.972. The van der Waals surface area contributed by atoms with Crippen LogP contribution >= 0.6 is 0 Å². The van der Waals surface area contributed by atoms with Crippen molar-refractivity contribution in [2.75, 3.05) is 48.1 Å². The molecule has 2 aromatic rings. The third-order valence-corrected chi connectivity index (χ3v) is 2.98. The van der Waals surface area contributed by atoms with E-state index in [9.17, 15) is 8.96 Å². The maximum atomic E-state index is 13.3. The molecule has 0 aliphatic rings. The SMILES string of the molecule is Cc1nc(N(C)F)nc(N(C)[B]N(C)c2nc(C)nc(N(C)F)n2)n1.F. The summed E-state index contributed by atoms with van der Waals surface area (Å²) in [5, 5.41) is 0.600. The van der Waals surface area contributed by atoms with Crippen LogP contribution in [-0.4, -0.2) is 65.6 Å². The highest BCUT2D eigenvalue weighted by atomic mass is 19.2. The third-order valence-electron chi connectivity index (χ3n) is 2.98. The molecule has 0 aromatic carbocycles. The normalized spacial score (nSPS) is 10.0. The average Bonchev–Trinajstić information content (AvgIpc) is 2.53. The second kappa shape index (κ2) is 8.44. The van der Waals surface area contributed by atoms with Gasteiger partial charge in [0.1, 0.15) is 11.6 Å². The summed E-state index contributed by atoms with van der Waals surface area (Å²) in [7, 11) is 7.30. The molecule has 0 spiro atoms. The molecule has 0 unspecified atom stereocenters. The molecule has 141 valence electrons. The fraction of sp³-hybridized carbons (Fsp3) is 0.500. The van der Waals surface area contributed by atoms with Crippen molar-refractivity contribution < 1.29 is 13.7 Å². The van der Waals surface area contributed by atoms with E-state index < -0.39 is 0 Å². The van der Waals surface area contributed by atoms with Gasteiger partial charge in [0.2, 0.25) is 11.9 Å². The lowest BCUT2D eigenvalue weighted by atomic mass is 10.1. The largest absolute Gasteiger partial charge is 0.395 e. The number of aryl methyl sites for hydroxylation is 2. The fourth-order valence-electron chi connectivity index (χ4n) is 1.86. The van der Waals surface area contributed by atoms with Gasteiger partial charge in [-0.15, -0.1) is 0 Å². The Bertz CT molecular complexity index is 686. The maximum Gasteiger partial charge on any atom is 0.395 e. The van der Waals surface area contributed by atoms with Gasteiger partial charge in [0.25, 0.3) is 11.9 Å². The smallest absolute Gasteiger partial charge is 0.370 e. The standard InChI is InChI=1S/C12H18BF2N10.FH/c1-7-16-9(20-11(18-7)24(5)14)22(3)13-23(4)10-17-8(2)19-12(21-10)25(6)15;/h1-6H3;1H. The van der Waals surface area contributed by atoms with Crippen LogP contribution in [0, 0.1) is 13.8 Å². The Balaban J connectivity index is 0.00000338. The first-order valence-corrected chi connectivity index (χ1v) is 7.22. The zero-order valence-electron chi connectivity index (χ0n) is 15.2. The molecule has 0 N–H and O–H groups in total. The first-order valence-electron chi connectivity index (χ1n) is 7.22. The van der Waals surface area contributed by atoms with E-state index in [2.05, 4.69) is 29.9 Å². The molecule has 0 fully saturated rings. The van der Waals surface area contributed by atoms with Gasteiger partial charge in [-0.25, -0.2) is 0 Å². The van der Waals surface area contributed by atoms with Crippen LogP contribution < -0.4 is 19.9 Å². The number of halogens is 3. The van der Waals surface area contributed by atoms with Crippen LogP contribution in [0.1, 0.15) is 11.6 Å². The number of anilines is 4. The molecule has 0 saturated carbocycles. The lowest BCUT2D eigenvalue weighted by molar-refractivity contribution is 0.461. The Kier molecular flexibility index (Phi) is 6.86. The predicted molar refractivity (Wildman–Crippen MR) is 93.2 cm³/mol. The fourth-order valence-corrected chi connectivity index (χ4v) is 1.86. The Morgan fingerprint density at radius 3 is 1.23 bits per heavy atom. The monoisotopic (exact) mass is 371 g/mol. The molecule has 0 atom stereocenters. The van der Waals surface area contributed by atoms with Crippen LogP contribution in [0.25, 0.3) is 0 Å². The van der Waals surface area contributed by atoms with E-state index in [4.69, 9.17) is 0 Å². The van der Waals surface area contributed by atoms with Crippen molar-refractivity contribution in [2.45, 2.75) is 13.8 Å². The van der Waals surface area contributed by atoms with Gasteiger partial charge in [0.05, 0.1) is 0 Å². The highest BCUT2D eigenvalue weighted by Gasteiger charge is 2.18. The van der Waals surface area contributed by atoms with Crippen LogP contribution in [-0.2, 0) is 0 Å². The Morgan fingerprint density at radius 1 is 0.615 bits per heavy atom. The van der Waals surface area contributed by atoms with Crippen LogP contribution in [0.2, 0.25) is 0 Å². The van der Waals surface area contributed by atoms with E-state index in [0.29, 0.717) is 21.9 Å². The number of rotatable bonds is 6. The van der Waals surface area contributed by atoms with Gasteiger partial charge < -0.3 is 9.62 Å². The van der Waals surface area contributed by atoms with Crippen molar-refractivity contribution in [1.82, 2.24) is 29.9 Å². The minimum absolute atomic E-state index is 0. The van der Waals surface area contributed by atoms with E-state index >= 15 is 0 Å². The summed E-state index contributed by atoms with van der Waals surface area (Å²) in [6, 6.07) is 0. The van der Waals surface area contributed by atoms with E-state index in [1.54, 1.807) is 45.1 Å². The molecular weight excluding hydrogens is 352 g/mol. The second-order valence-corrected chi connectivity index (χ2v) is 5.26. The summed E-state index contributed by atoms with van der Waals surface area (Å²) in [5.41, 5.74) is 0. The Morgan fingerprint density at radius 2 is 0.923 bits per heavy atom. The van der Waals surface area contributed by atoms with E-state index in [-0.39, 0.29) is 28.5 Å². The molecule has 0 aliphatic heterocycles. The van der Waals surface area contributed by atoms with Crippen molar-refractivity contribution >= 4 is 31.3 Å². The second-order valence-electron chi connectivity index (χ2n) is 5.26. The first-order chi connectivity index (χ1) is 11.7. The van der Waals surface area contributed by atoms with Crippen LogP contribution in [0.4, 0.5) is 37.5 Å². The van der Waals surface area contributed by atoms with Gasteiger partial charge in [-0.1, -0.05) is 8.96 Å². The van der Waals surface area contributed by atoms with Crippen LogP contribution in [0.3, 0.4) is 0 Å². The summed E-state index contributed by atoms with van der Waals surface area (Å²) in [6.45, 7) is 3.27. The van der Waals surface area contributed by atoms with Crippen LogP contribution in [0.15, 0.2) is 0 Å². The average molecular weight is 371 g/mol.